The molecule has 0 saturated carbocycles. The number of rotatable bonds is 4. The minimum absolute atomic E-state index is 0. The van der Waals surface area contributed by atoms with Crippen LogP contribution in [0.1, 0.15) is 16.3 Å². The van der Waals surface area contributed by atoms with E-state index in [1.807, 2.05) is 12.1 Å². The highest BCUT2D eigenvalue weighted by molar-refractivity contribution is 7.09. The Bertz CT molecular complexity index is 615. The Labute approximate surface area is 163 Å². The molecule has 1 aromatic heterocycles. The zero-order valence-electron chi connectivity index (χ0n) is 12.4. The molecule has 23 heavy (non-hydrogen) atoms. The molecule has 0 radical (unpaired) electrons. The fourth-order valence-electron chi connectivity index (χ4n) is 2.43. The Hall–Kier alpha value is -0.0700. The average molecular weight is 415 g/mol. The highest BCUT2D eigenvalue weighted by Gasteiger charge is 2.12. The molecule has 3 rings (SSSR count). The number of halogens is 4. The lowest BCUT2D eigenvalue weighted by Crippen LogP contribution is -2.42. The summed E-state index contributed by atoms with van der Waals surface area (Å²) in [5, 5.41) is 8.00. The molecule has 0 aliphatic carbocycles. The third-order valence-electron chi connectivity index (χ3n) is 3.55. The van der Waals surface area contributed by atoms with Gasteiger partial charge in [0.25, 0.3) is 0 Å². The van der Waals surface area contributed by atoms with Crippen LogP contribution in [0.25, 0.3) is 0 Å². The largest absolute Gasteiger partial charge is 0.314 e. The Morgan fingerprint density at radius 3 is 2.61 bits per heavy atom. The summed E-state index contributed by atoms with van der Waals surface area (Å²) in [7, 11) is 0. The SMILES string of the molecule is Cl.Cl.Clc1ccc(Cc2nc(CN3CCNCC3)cs2)c(Cl)c1. The van der Waals surface area contributed by atoms with Crippen LogP contribution in [0.4, 0.5) is 0 Å². The van der Waals surface area contributed by atoms with Crippen molar-refractivity contribution in [1.82, 2.24) is 15.2 Å². The van der Waals surface area contributed by atoms with E-state index in [-0.39, 0.29) is 24.8 Å². The van der Waals surface area contributed by atoms with E-state index >= 15 is 0 Å². The van der Waals surface area contributed by atoms with Gasteiger partial charge in [-0.2, -0.15) is 0 Å². The van der Waals surface area contributed by atoms with Gasteiger partial charge in [0.1, 0.15) is 0 Å². The van der Waals surface area contributed by atoms with Gasteiger partial charge in [-0.05, 0) is 17.7 Å². The number of benzene rings is 1. The van der Waals surface area contributed by atoms with Crippen molar-refractivity contribution in [2.24, 2.45) is 0 Å². The number of nitrogens with zero attached hydrogens (tertiary/aromatic N) is 2. The van der Waals surface area contributed by atoms with Gasteiger partial charge in [0.2, 0.25) is 0 Å². The van der Waals surface area contributed by atoms with E-state index in [2.05, 4.69) is 15.6 Å². The van der Waals surface area contributed by atoms with E-state index in [1.165, 1.54) is 0 Å². The monoisotopic (exact) mass is 413 g/mol. The van der Waals surface area contributed by atoms with E-state index in [0.717, 1.165) is 55.4 Å². The Morgan fingerprint density at radius 2 is 1.91 bits per heavy atom. The molecule has 1 saturated heterocycles. The second-order valence-electron chi connectivity index (χ2n) is 5.17. The molecule has 1 aliphatic rings. The molecule has 128 valence electrons. The predicted molar refractivity (Wildman–Crippen MR) is 104 cm³/mol. The van der Waals surface area contributed by atoms with E-state index in [0.29, 0.717) is 10.0 Å². The van der Waals surface area contributed by atoms with Gasteiger partial charge in [0.15, 0.2) is 0 Å². The standard InChI is InChI=1S/C15H17Cl2N3S.2ClH/c16-12-2-1-11(14(17)8-12)7-15-19-13(10-21-15)9-20-5-3-18-4-6-20;;/h1-2,8,10,18H,3-7,9H2;2*1H. The normalized spacial score (nSPS) is 14.9. The first-order chi connectivity index (χ1) is 10.2. The number of hydrogen-bond acceptors (Lipinski definition) is 4. The molecule has 2 aromatic rings. The van der Waals surface area contributed by atoms with Crippen LogP contribution >= 0.6 is 59.4 Å². The molecule has 0 spiro atoms. The van der Waals surface area contributed by atoms with E-state index in [1.54, 1.807) is 17.4 Å². The smallest absolute Gasteiger partial charge is 0.0973 e. The maximum absolute atomic E-state index is 6.22. The van der Waals surface area contributed by atoms with Gasteiger partial charge < -0.3 is 5.32 Å². The minimum atomic E-state index is 0. The van der Waals surface area contributed by atoms with Gasteiger partial charge in [0, 0.05) is 54.6 Å². The van der Waals surface area contributed by atoms with Crippen molar-refractivity contribution in [2.45, 2.75) is 13.0 Å². The number of aromatic nitrogens is 1. The molecule has 3 nitrogen and oxygen atoms in total. The second kappa shape index (κ2) is 10.0. The number of hydrogen-bond donors (Lipinski definition) is 1. The van der Waals surface area contributed by atoms with Crippen LogP contribution in [0.15, 0.2) is 23.6 Å². The molecular formula is C15H19Cl4N3S. The second-order valence-corrected chi connectivity index (χ2v) is 6.96. The summed E-state index contributed by atoms with van der Waals surface area (Å²) in [6, 6.07) is 5.63. The molecule has 1 N–H and O–H groups in total. The topological polar surface area (TPSA) is 28.2 Å². The summed E-state index contributed by atoms with van der Waals surface area (Å²) >= 11 is 13.8. The van der Waals surface area contributed by atoms with Gasteiger partial charge in [0.05, 0.1) is 10.7 Å². The Morgan fingerprint density at radius 1 is 1.17 bits per heavy atom. The molecule has 8 heteroatoms. The lowest BCUT2D eigenvalue weighted by Gasteiger charge is -2.26. The van der Waals surface area contributed by atoms with Crippen molar-refractivity contribution in [3.8, 4) is 0 Å². The first-order valence-electron chi connectivity index (χ1n) is 7.01. The summed E-state index contributed by atoms with van der Waals surface area (Å²) in [6.45, 7) is 5.26. The molecule has 0 amide bonds. The summed E-state index contributed by atoms with van der Waals surface area (Å²) in [5.41, 5.74) is 2.23. The molecule has 1 aliphatic heterocycles. The summed E-state index contributed by atoms with van der Waals surface area (Å²) in [4.78, 5) is 7.16. The van der Waals surface area contributed by atoms with E-state index in [4.69, 9.17) is 28.2 Å². The van der Waals surface area contributed by atoms with Gasteiger partial charge in [-0.15, -0.1) is 36.2 Å². The fraction of sp³-hybridized carbons (Fsp3) is 0.400. The number of thiazole rings is 1. The number of piperazine rings is 1. The summed E-state index contributed by atoms with van der Waals surface area (Å²) in [5.74, 6) is 0. The number of nitrogens with one attached hydrogen (secondary N) is 1. The lowest BCUT2D eigenvalue weighted by atomic mass is 10.1. The summed E-state index contributed by atoms with van der Waals surface area (Å²) < 4.78 is 0. The predicted octanol–water partition coefficient (Wildman–Crippen LogP) is 4.29. The maximum Gasteiger partial charge on any atom is 0.0973 e. The maximum atomic E-state index is 6.22. The lowest BCUT2D eigenvalue weighted by molar-refractivity contribution is 0.231. The average Bonchev–Trinajstić information content (AvgIpc) is 2.90. The third kappa shape index (κ3) is 6.05. The van der Waals surface area contributed by atoms with Crippen molar-refractivity contribution in [1.29, 1.82) is 0 Å². The van der Waals surface area contributed by atoms with Crippen molar-refractivity contribution < 1.29 is 0 Å². The highest BCUT2D eigenvalue weighted by atomic mass is 35.5. The van der Waals surface area contributed by atoms with Crippen LogP contribution in [0, 0.1) is 0 Å². The molecule has 2 heterocycles. The van der Waals surface area contributed by atoms with Gasteiger partial charge >= 0.3 is 0 Å². The first-order valence-corrected chi connectivity index (χ1v) is 8.64. The minimum Gasteiger partial charge on any atom is -0.314 e. The van der Waals surface area contributed by atoms with E-state index in [9.17, 15) is 0 Å². The van der Waals surface area contributed by atoms with Gasteiger partial charge in [-0.25, -0.2) is 4.98 Å². The van der Waals surface area contributed by atoms with Crippen LogP contribution in [0.5, 0.6) is 0 Å². The molecule has 1 aromatic carbocycles. The van der Waals surface area contributed by atoms with Crippen LogP contribution < -0.4 is 5.32 Å². The first kappa shape index (κ1) is 21.0. The zero-order valence-corrected chi connectivity index (χ0v) is 16.4. The van der Waals surface area contributed by atoms with Gasteiger partial charge in [-0.3, -0.25) is 4.90 Å². The molecule has 1 fully saturated rings. The molecule has 0 unspecified atom stereocenters. The van der Waals surface area contributed by atoms with Crippen LogP contribution in [0.2, 0.25) is 10.0 Å². The molecular weight excluding hydrogens is 396 g/mol. The van der Waals surface area contributed by atoms with Crippen molar-refractivity contribution in [3.05, 3.63) is 49.9 Å². The quantitative estimate of drug-likeness (QED) is 0.808. The van der Waals surface area contributed by atoms with Gasteiger partial charge in [-0.1, -0.05) is 29.3 Å². The van der Waals surface area contributed by atoms with Crippen LogP contribution in [0.3, 0.4) is 0 Å². The Balaban J connectivity index is 0.00000132. The summed E-state index contributed by atoms with van der Waals surface area (Å²) in [6.07, 6.45) is 0.766. The van der Waals surface area contributed by atoms with E-state index < -0.39 is 0 Å². The fourth-order valence-corrected chi connectivity index (χ4v) is 3.71. The molecule has 0 bridgehead atoms. The van der Waals surface area contributed by atoms with Crippen molar-refractivity contribution in [3.63, 3.8) is 0 Å². The van der Waals surface area contributed by atoms with Crippen LogP contribution in [-0.2, 0) is 13.0 Å². The zero-order chi connectivity index (χ0) is 14.7. The third-order valence-corrected chi connectivity index (χ3v) is 5.04. The highest BCUT2D eigenvalue weighted by Crippen LogP contribution is 2.24. The van der Waals surface area contributed by atoms with Crippen LogP contribution in [-0.4, -0.2) is 36.1 Å². The Kier molecular flexibility index (Phi) is 9.16. The molecule has 0 atom stereocenters. The van der Waals surface area contributed by atoms with Crippen molar-refractivity contribution >= 4 is 59.4 Å². The van der Waals surface area contributed by atoms with Crippen molar-refractivity contribution in [2.75, 3.05) is 26.2 Å².